The van der Waals surface area contributed by atoms with Gasteiger partial charge in [-0.2, -0.15) is 15.2 Å². The first kappa shape index (κ1) is 16.4. The molecular weight excluding hydrogens is 332 g/mol. The maximum absolute atomic E-state index is 12.6. The van der Waals surface area contributed by atoms with Crippen molar-refractivity contribution < 1.29 is 4.79 Å². The standard InChI is InChI=1S/C17H20N8O/c1-24-17(21-15(23-24)12-3-7-18-8-4-12)22-16(26)14-11-13(5-9-19-14)25-10-2-6-20-25/h2,5-6,9-12,18H,3-4,7-8H2,1H3,(H,21,22,23,26). The van der Waals surface area contributed by atoms with Crippen molar-refractivity contribution in [2.75, 3.05) is 18.4 Å². The largest absolute Gasteiger partial charge is 0.317 e. The van der Waals surface area contributed by atoms with Crippen LogP contribution in [-0.2, 0) is 7.05 Å². The Kier molecular flexibility index (Phi) is 4.44. The van der Waals surface area contributed by atoms with Gasteiger partial charge < -0.3 is 5.32 Å². The van der Waals surface area contributed by atoms with Crippen LogP contribution in [-0.4, -0.2) is 48.5 Å². The summed E-state index contributed by atoms with van der Waals surface area (Å²) in [6.45, 7) is 1.93. The summed E-state index contributed by atoms with van der Waals surface area (Å²) in [5.74, 6) is 1.21. The molecule has 2 N–H and O–H groups in total. The molecule has 1 aliphatic heterocycles. The van der Waals surface area contributed by atoms with Crippen LogP contribution >= 0.6 is 0 Å². The summed E-state index contributed by atoms with van der Waals surface area (Å²) in [5.41, 5.74) is 1.06. The molecule has 3 aromatic rings. The zero-order valence-corrected chi connectivity index (χ0v) is 14.5. The lowest BCUT2D eigenvalue weighted by Crippen LogP contribution is -2.27. The minimum absolute atomic E-state index is 0.296. The van der Waals surface area contributed by atoms with Gasteiger partial charge in [-0.3, -0.25) is 15.1 Å². The van der Waals surface area contributed by atoms with Gasteiger partial charge in [0.1, 0.15) is 5.69 Å². The molecule has 1 saturated heterocycles. The highest BCUT2D eigenvalue weighted by Gasteiger charge is 2.21. The lowest BCUT2D eigenvalue weighted by Gasteiger charge is -2.19. The van der Waals surface area contributed by atoms with Gasteiger partial charge in [0.05, 0.1) is 5.69 Å². The highest BCUT2D eigenvalue weighted by Crippen LogP contribution is 2.23. The average Bonchev–Trinajstić information content (AvgIpc) is 3.33. The highest BCUT2D eigenvalue weighted by atomic mass is 16.2. The molecule has 0 atom stereocenters. The molecular formula is C17H20N8O. The number of hydrogen-bond acceptors (Lipinski definition) is 6. The van der Waals surface area contributed by atoms with E-state index in [1.54, 1.807) is 40.9 Å². The van der Waals surface area contributed by atoms with Crippen molar-refractivity contribution in [1.82, 2.24) is 34.8 Å². The van der Waals surface area contributed by atoms with Gasteiger partial charge in [-0.05, 0) is 44.1 Å². The third-order valence-electron chi connectivity index (χ3n) is 4.45. The zero-order valence-electron chi connectivity index (χ0n) is 14.5. The monoisotopic (exact) mass is 352 g/mol. The van der Waals surface area contributed by atoms with E-state index in [2.05, 4.69) is 30.8 Å². The van der Waals surface area contributed by atoms with Crippen LogP contribution in [0.4, 0.5) is 5.95 Å². The van der Waals surface area contributed by atoms with E-state index >= 15 is 0 Å². The van der Waals surface area contributed by atoms with Crippen LogP contribution in [0.5, 0.6) is 0 Å². The van der Waals surface area contributed by atoms with Crippen LogP contribution in [0.15, 0.2) is 36.8 Å². The number of pyridine rings is 1. The summed E-state index contributed by atoms with van der Waals surface area (Å²) in [4.78, 5) is 21.3. The Labute approximate surface area is 150 Å². The summed E-state index contributed by atoms with van der Waals surface area (Å²) >= 11 is 0. The zero-order chi connectivity index (χ0) is 17.9. The lowest BCUT2D eigenvalue weighted by molar-refractivity contribution is 0.102. The average molecular weight is 352 g/mol. The number of nitrogens with one attached hydrogen (secondary N) is 2. The Hall–Kier alpha value is -3.07. The number of aromatic nitrogens is 6. The van der Waals surface area contributed by atoms with Crippen LogP contribution in [0.25, 0.3) is 5.69 Å². The van der Waals surface area contributed by atoms with Crippen LogP contribution in [0, 0.1) is 0 Å². The molecule has 0 saturated carbocycles. The first-order chi connectivity index (χ1) is 12.7. The quantitative estimate of drug-likeness (QED) is 0.729. The van der Waals surface area contributed by atoms with Gasteiger partial charge in [0.15, 0.2) is 5.82 Å². The molecule has 3 aromatic heterocycles. The Balaban J connectivity index is 1.51. The van der Waals surface area contributed by atoms with Crippen molar-refractivity contribution >= 4 is 11.9 Å². The van der Waals surface area contributed by atoms with Gasteiger partial charge in [-0.1, -0.05) is 0 Å². The second kappa shape index (κ2) is 7.04. The summed E-state index contributed by atoms with van der Waals surface area (Å²) in [6, 6.07) is 5.30. The Morgan fingerprint density at radius 2 is 2.15 bits per heavy atom. The van der Waals surface area contributed by atoms with E-state index < -0.39 is 0 Å². The molecule has 1 amide bonds. The van der Waals surface area contributed by atoms with Crippen LogP contribution in [0.3, 0.4) is 0 Å². The maximum atomic E-state index is 12.6. The summed E-state index contributed by atoms with van der Waals surface area (Å²) in [5, 5.41) is 14.8. The molecule has 4 rings (SSSR count). The van der Waals surface area contributed by atoms with Gasteiger partial charge in [0, 0.05) is 31.6 Å². The fraction of sp³-hybridized carbons (Fsp3) is 0.353. The van der Waals surface area contributed by atoms with Crippen molar-refractivity contribution in [2.45, 2.75) is 18.8 Å². The first-order valence-electron chi connectivity index (χ1n) is 8.60. The molecule has 1 aliphatic rings. The number of rotatable bonds is 4. The van der Waals surface area contributed by atoms with Gasteiger partial charge in [-0.15, -0.1) is 0 Å². The third-order valence-corrected chi connectivity index (χ3v) is 4.45. The number of amides is 1. The molecule has 1 fully saturated rings. The molecule has 0 aliphatic carbocycles. The summed E-state index contributed by atoms with van der Waals surface area (Å²) in [6.07, 6.45) is 7.09. The Bertz CT molecular complexity index is 895. The molecule has 26 heavy (non-hydrogen) atoms. The van der Waals surface area contributed by atoms with Crippen molar-refractivity contribution in [3.63, 3.8) is 0 Å². The van der Waals surface area contributed by atoms with E-state index in [0.29, 0.717) is 17.6 Å². The summed E-state index contributed by atoms with van der Waals surface area (Å²) < 4.78 is 3.28. The van der Waals surface area contributed by atoms with Gasteiger partial charge >= 0.3 is 0 Å². The van der Waals surface area contributed by atoms with E-state index in [-0.39, 0.29) is 5.91 Å². The number of hydrogen-bond donors (Lipinski definition) is 2. The predicted molar refractivity (Wildman–Crippen MR) is 95.2 cm³/mol. The third kappa shape index (κ3) is 3.33. The fourth-order valence-electron chi connectivity index (χ4n) is 3.04. The molecule has 9 nitrogen and oxygen atoms in total. The second-order valence-corrected chi connectivity index (χ2v) is 6.25. The number of piperidine rings is 1. The number of carbonyl (C=O) groups is 1. The first-order valence-corrected chi connectivity index (χ1v) is 8.60. The molecule has 4 heterocycles. The lowest BCUT2D eigenvalue weighted by atomic mass is 9.98. The van der Waals surface area contributed by atoms with Crippen LogP contribution in [0.2, 0.25) is 0 Å². The number of nitrogens with zero attached hydrogens (tertiary/aromatic N) is 6. The maximum Gasteiger partial charge on any atom is 0.276 e. The Morgan fingerprint density at radius 1 is 1.31 bits per heavy atom. The normalized spacial score (nSPS) is 15.1. The topological polar surface area (TPSA) is 103 Å². The molecule has 134 valence electrons. The molecule has 9 heteroatoms. The van der Waals surface area contributed by atoms with Crippen LogP contribution in [0.1, 0.15) is 35.1 Å². The molecule has 0 unspecified atom stereocenters. The van der Waals surface area contributed by atoms with Crippen molar-refractivity contribution in [3.05, 3.63) is 48.3 Å². The van der Waals surface area contributed by atoms with E-state index in [1.165, 1.54) is 0 Å². The number of anilines is 1. The molecule has 0 spiro atoms. The van der Waals surface area contributed by atoms with E-state index in [1.807, 2.05) is 12.3 Å². The van der Waals surface area contributed by atoms with E-state index in [9.17, 15) is 4.79 Å². The minimum Gasteiger partial charge on any atom is -0.317 e. The highest BCUT2D eigenvalue weighted by molar-refractivity contribution is 6.02. The van der Waals surface area contributed by atoms with E-state index in [4.69, 9.17) is 0 Å². The van der Waals surface area contributed by atoms with Gasteiger partial charge in [-0.25, -0.2) is 9.36 Å². The number of aryl methyl sites for hydroxylation is 1. The predicted octanol–water partition coefficient (Wildman–Crippen LogP) is 1.12. The summed E-state index contributed by atoms with van der Waals surface area (Å²) in [7, 11) is 1.78. The van der Waals surface area contributed by atoms with Crippen molar-refractivity contribution in [1.29, 1.82) is 0 Å². The minimum atomic E-state index is -0.327. The van der Waals surface area contributed by atoms with Crippen molar-refractivity contribution in [2.24, 2.45) is 7.05 Å². The van der Waals surface area contributed by atoms with Gasteiger partial charge in [0.25, 0.3) is 5.91 Å². The van der Waals surface area contributed by atoms with Crippen molar-refractivity contribution in [3.8, 4) is 5.69 Å². The van der Waals surface area contributed by atoms with E-state index in [0.717, 1.165) is 37.4 Å². The smallest absolute Gasteiger partial charge is 0.276 e. The van der Waals surface area contributed by atoms with Gasteiger partial charge in [0.2, 0.25) is 5.95 Å². The Morgan fingerprint density at radius 3 is 2.92 bits per heavy atom. The second-order valence-electron chi connectivity index (χ2n) is 6.25. The SMILES string of the molecule is Cn1nc(C2CCNCC2)nc1NC(=O)c1cc(-n2cccn2)ccn1. The molecule has 0 radical (unpaired) electrons. The molecule has 0 bridgehead atoms. The fourth-order valence-corrected chi connectivity index (χ4v) is 3.04. The van der Waals surface area contributed by atoms with Crippen LogP contribution < -0.4 is 10.6 Å². The number of carbonyl (C=O) groups excluding carboxylic acids is 1. The molecule has 0 aromatic carbocycles.